The predicted octanol–water partition coefficient (Wildman–Crippen LogP) is 2.10. The summed E-state index contributed by atoms with van der Waals surface area (Å²) in [6.45, 7) is 3.68. The van der Waals surface area contributed by atoms with Gasteiger partial charge in [-0.25, -0.2) is 20.2 Å². The van der Waals surface area contributed by atoms with Crippen molar-refractivity contribution in [1.29, 1.82) is 0 Å². The van der Waals surface area contributed by atoms with Gasteiger partial charge in [0.25, 0.3) is 0 Å². The molecular formula is C13H15FN4O. The van der Waals surface area contributed by atoms with Gasteiger partial charge in [0.15, 0.2) is 5.82 Å². The summed E-state index contributed by atoms with van der Waals surface area (Å²) >= 11 is 0. The number of nitrogen functional groups attached to an aromatic ring is 1. The second-order valence-corrected chi connectivity index (χ2v) is 4.15. The van der Waals surface area contributed by atoms with Crippen molar-refractivity contribution in [1.82, 2.24) is 9.97 Å². The molecule has 0 aliphatic carbocycles. The maximum Gasteiger partial charge on any atom is 0.168 e. The molecule has 1 aromatic carbocycles. The smallest absolute Gasteiger partial charge is 0.168 e. The van der Waals surface area contributed by atoms with Gasteiger partial charge in [-0.1, -0.05) is 6.07 Å². The van der Waals surface area contributed by atoms with Gasteiger partial charge in [0, 0.05) is 17.8 Å². The highest BCUT2D eigenvalue weighted by Crippen LogP contribution is 2.17. The van der Waals surface area contributed by atoms with E-state index in [0.29, 0.717) is 23.0 Å². The van der Waals surface area contributed by atoms with E-state index in [4.69, 9.17) is 10.6 Å². The quantitative estimate of drug-likeness (QED) is 0.652. The van der Waals surface area contributed by atoms with Gasteiger partial charge in [-0.15, -0.1) is 0 Å². The fraction of sp³-hybridized carbons (Fsp3) is 0.231. The van der Waals surface area contributed by atoms with E-state index >= 15 is 0 Å². The Labute approximate surface area is 110 Å². The number of hydrazine groups is 1. The molecule has 5 nitrogen and oxygen atoms in total. The largest absolute Gasteiger partial charge is 0.486 e. The zero-order valence-electron chi connectivity index (χ0n) is 10.8. The van der Waals surface area contributed by atoms with Gasteiger partial charge < -0.3 is 10.2 Å². The minimum atomic E-state index is -0.299. The van der Waals surface area contributed by atoms with Crippen LogP contribution < -0.4 is 16.0 Å². The second-order valence-electron chi connectivity index (χ2n) is 4.15. The molecule has 0 fully saturated rings. The molecule has 0 unspecified atom stereocenters. The molecule has 100 valence electrons. The van der Waals surface area contributed by atoms with Crippen LogP contribution in [0.5, 0.6) is 5.75 Å². The van der Waals surface area contributed by atoms with E-state index < -0.39 is 0 Å². The summed E-state index contributed by atoms with van der Waals surface area (Å²) in [4.78, 5) is 8.35. The molecule has 0 bridgehead atoms. The molecule has 2 rings (SSSR count). The number of hydrogen-bond donors (Lipinski definition) is 2. The summed E-state index contributed by atoms with van der Waals surface area (Å²) in [5.41, 5.74) is 3.81. The zero-order valence-corrected chi connectivity index (χ0v) is 10.8. The van der Waals surface area contributed by atoms with Crippen LogP contribution in [0.25, 0.3) is 0 Å². The molecule has 2 aromatic rings. The third-order valence-electron chi connectivity index (χ3n) is 2.56. The van der Waals surface area contributed by atoms with Gasteiger partial charge >= 0.3 is 0 Å². The number of halogens is 1. The van der Waals surface area contributed by atoms with Crippen LogP contribution in [0.4, 0.5) is 10.2 Å². The Balaban J connectivity index is 2.09. The van der Waals surface area contributed by atoms with E-state index in [2.05, 4.69) is 15.4 Å². The molecule has 0 amide bonds. The first-order chi connectivity index (χ1) is 9.08. The number of ether oxygens (including phenoxy) is 1. The fourth-order valence-corrected chi connectivity index (χ4v) is 1.58. The van der Waals surface area contributed by atoms with Crippen molar-refractivity contribution < 1.29 is 9.13 Å². The third-order valence-corrected chi connectivity index (χ3v) is 2.56. The molecule has 1 heterocycles. The summed E-state index contributed by atoms with van der Waals surface area (Å²) in [5.74, 6) is 6.44. The van der Waals surface area contributed by atoms with Crippen LogP contribution in [0.15, 0.2) is 24.3 Å². The van der Waals surface area contributed by atoms with Gasteiger partial charge in [-0.05, 0) is 25.5 Å². The maximum absolute atomic E-state index is 13.4. The van der Waals surface area contributed by atoms with Gasteiger partial charge in [0.2, 0.25) is 0 Å². The molecule has 3 N–H and O–H groups in total. The summed E-state index contributed by atoms with van der Waals surface area (Å²) in [7, 11) is 0. The average molecular weight is 262 g/mol. The third kappa shape index (κ3) is 3.38. The standard InChI is InChI=1S/C13H15FN4O/c1-8-3-4-10(6-11(8)14)19-7-13-16-9(2)5-12(17-13)18-15/h3-6H,7,15H2,1-2H3,(H,16,17,18). The Morgan fingerprint density at radius 2 is 2.05 bits per heavy atom. The lowest BCUT2D eigenvalue weighted by Crippen LogP contribution is -2.12. The van der Waals surface area contributed by atoms with Gasteiger partial charge in [0.05, 0.1) is 0 Å². The van der Waals surface area contributed by atoms with Gasteiger partial charge in [-0.3, -0.25) is 0 Å². The van der Waals surface area contributed by atoms with Crippen LogP contribution in [0.3, 0.4) is 0 Å². The number of aryl methyl sites for hydroxylation is 2. The van der Waals surface area contributed by atoms with Gasteiger partial charge in [0.1, 0.15) is 24.0 Å². The first-order valence-corrected chi connectivity index (χ1v) is 5.78. The number of rotatable bonds is 4. The molecule has 0 aliphatic rings. The lowest BCUT2D eigenvalue weighted by atomic mass is 10.2. The SMILES string of the molecule is Cc1cc(NN)nc(COc2ccc(C)c(F)c2)n1. The van der Waals surface area contributed by atoms with Crippen LogP contribution in [0.2, 0.25) is 0 Å². The lowest BCUT2D eigenvalue weighted by molar-refractivity contribution is 0.294. The molecule has 19 heavy (non-hydrogen) atoms. The lowest BCUT2D eigenvalue weighted by Gasteiger charge is -2.08. The highest BCUT2D eigenvalue weighted by molar-refractivity contribution is 5.34. The summed E-state index contributed by atoms with van der Waals surface area (Å²) in [6, 6.07) is 6.42. The number of hydrogen-bond acceptors (Lipinski definition) is 5. The summed E-state index contributed by atoms with van der Waals surface area (Å²) in [5, 5.41) is 0. The molecule has 0 aliphatic heterocycles. The maximum atomic E-state index is 13.4. The van der Waals surface area contributed by atoms with Crippen LogP contribution in [-0.2, 0) is 6.61 Å². The Kier molecular flexibility index (Phi) is 3.91. The normalized spacial score (nSPS) is 10.3. The van der Waals surface area contributed by atoms with E-state index in [-0.39, 0.29) is 12.4 Å². The highest BCUT2D eigenvalue weighted by atomic mass is 19.1. The van der Waals surface area contributed by atoms with Crippen LogP contribution >= 0.6 is 0 Å². The first kappa shape index (κ1) is 13.2. The van der Waals surface area contributed by atoms with Gasteiger partial charge in [-0.2, -0.15) is 0 Å². The van der Waals surface area contributed by atoms with Crippen molar-refractivity contribution in [2.45, 2.75) is 20.5 Å². The van der Waals surface area contributed by atoms with E-state index in [1.807, 2.05) is 6.92 Å². The number of nitrogens with two attached hydrogens (primary N) is 1. The Morgan fingerprint density at radius 1 is 1.26 bits per heavy atom. The average Bonchev–Trinajstić information content (AvgIpc) is 2.39. The Hall–Kier alpha value is -2.21. The molecule has 0 radical (unpaired) electrons. The van der Waals surface area contributed by atoms with Crippen LogP contribution in [-0.4, -0.2) is 9.97 Å². The number of aromatic nitrogens is 2. The fourth-order valence-electron chi connectivity index (χ4n) is 1.58. The van der Waals surface area contributed by atoms with E-state index in [1.165, 1.54) is 6.07 Å². The molecule has 6 heteroatoms. The Bertz CT molecular complexity index is 589. The molecule has 0 saturated carbocycles. The minimum absolute atomic E-state index is 0.152. The van der Waals surface area contributed by atoms with Crippen molar-refractivity contribution in [3.8, 4) is 5.75 Å². The number of nitrogens with zero attached hydrogens (tertiary/aromatic N) is 2. The highest BCUT2D eigenvalue weighted by Gasteiger charge is 2.04. The topological polar surface area (TPSA) is 73.1 Å². The minimum Gasteiger partial charge on any atom is -0.486 e. The summed E-state index contributed by atoms with van der Waals surface area (Å²) in [6.07, 6.45) is 0. The number of anilines is 1. The van der Waals surface area contributed by atoms with Crippen molar-refractivity contribution >= 4 is 5.82 Å². The zero-order chi connectivity index (χ0) is 13.8. The van der Waals surface area contributed by atoms with Crippen molar-refractivity contribution in [2.24, 2.45) is 5.84 Å². The van der Waals surface area contributed by atoms with E-state index in [9.17, 15) is 4.39 Å². The molecule has 0 spiro atoms. The Morgan fingerprint density at radius 3 is 2.74 bits per heavy atom. The molecule has 0 saturated heterocycles. The monoisotopic (exact) mass is 262 g/mol. The van der Waals surface area contributed by atoms with Crippen LogP contribution in [0, 0.1) is 19.7 Å². The number of nitrogens with one attached hydrogen (secondary N) is 1. The van der Waals surface area contributed by atoms with Crippen molar-refractivity contribution in [3.63, 3.8) is 0 Å². The van der Waals surface area contributed by atoms with Crippen molar-refractivity contribution in [3.05, 3.63) is 47.2 Å². The van der Waals surface area contributed by atoms with Crippen molar-refractivity contribution in [2.75, 3.05) is 5.43 Å². The van der Waals surface area contributed by atoms with E-state index in [1.54, 1.807) is 25.1 Å². The summed E-state index contributed by atoms with van der Waals surface area (Å²) < 4.78 is 18.8. The molecular weight excluding hydrogens is 247 g/mol. The van der Waals surface area contributed by atoms with E-state index in [0.717, 1.165) is 5.69 Å². The molecule has 0 atom stereocenters. The van der Waals surface area contributed by atoms with Crippen LogP contribution in [0.1, 0.15) is 17.1 Å². The number of benzene rings is 1. The second kappa shape index (κ2) is 5.62. The first-order valence-electron chi connectivity index (χ1n) is 5.78. The molecule has 1 aromatic heterocycles. The predicted molar refractivity (Wildman–Crippen MR) is 70.0 cm³/mol.